The first-order valence-corrected chi connectivity index (χ1v) is 8.82. The van der Waals surface area contributed by atoms with Gasteiger partial charge in [-0.1, -0.05) is 39.0 Å². The lowest BCUT2D eigenvalue weighted by Crippen LogP contribution is -2.14. The van der Waals surface area contributed by atoms with Crippen molar-refractivity contribution in [1.82, 2.24) is 0 Å². The highest BCUT2D eigenvalue weighted by Gasteiger charge is 2.21. The van der Waals surface area contributed by atoms with Crippen LogP contribution >= 0.6 is 0 Å². The molecule has 1 aromatic rings. The maximum absolute atomic E-state index is 10.4. The molecule has 0 bridgehead atoms. The second-order valence-corrected chi connectivity index (χ2v) is 5.91. The molecule has 0 aromatic heterocycles. The average molecular weight is 336 g/mol. The van der Waals surface area contributed by atoms with E-state index in [4.69, 9.17) is 19.3 Å². The molecule has 1 aliphatic heterocycles. The molecule has 1 heterocycles. The van der Waals surface area contributed by atoms with Gasteiger partial charge in [-0.15, -0.1) is 0 Å². The fraction of sp³-hybridized carbons (Fsp3) is 0.579. The summed E-state index contributed by atoms with van der Waals surface area (Å²) in [6.07, 6.45) is 7.19. The molecule has 2 rings (SSSR count). The van der Waals surface area contributed by atoms with Crippen LogP contribution in [0.25, 0.3) is 5.76 Å². The zero-order chi connectivity index (χ0) is 17.2. The van der Waals surface area contributed by atoms with Crippen molar-refractivity contribution >= 4 is 5.76 Å². The molecule has 0 radical (unpaired) electrons. The maximum Gasteiger partial charge on any atom is 0.176 e. The summed E-state index contributed by atoms with van der Waals surface area (Å²) in [5.41, 5.74) is 0.607. The molecule has 1 aromatic carbocycles. The molecule has 0 atom stereocenters. The largest absolute Gasteiger partial charge is 0.504 e. The van der Waals surface area contributed by atoms with E-state index in [1.165, 1.54) is 25.7 Å². The molecule has 0 spiro atoms. The molecule has 0 unspecified atom stereocenters. The highest BCUT2D eigenvalue weighted by atomic mass is 16.5. The molecule has 24 heavy (non-hydrogen) atoms. The van der Waals surface area contributed by atoms with Crippen LogP contribution in [0.3, 0.4) is 0 Å². The maximum atomic E-state index is 10.4. The van der Waals surface area contributed by atoms with Crippen molar-refractivity contribution in [1.29, 1.82) is 0 Å². The highest BCUT2D eigenvalue weighted by molar-refractivity contribution is 5.69. The summed E-state index contributed by atoms with van der Waals surface area (Å²) in [4.78, 5) is 0. The average Bonchev–Trinajstić information content (AvgIpc) is 2.61. The van der Waals surface area contributed by atoms with E-state index in [0.717, 1.165) is 12.8 Å². The van der Waals surface area contributed by atoms with E-state index in [0.29, 0.717) is 29.4 Å². The van der Waals surface area contributed by atoms with Crippen molar-refractivity contribution < 1.29 is 24.4 Å². The molecular formula is C19H28O5. The Morgan fingerprint density at radius 1 is 1.04 bits per heavy atom. The third kappa shape index (κ3) is 5.34. The zero-order valence-electron chi connectivity index (χ0n) is 14.4. The lowest BCUT2D eigenvalue weighted by molar-refractivity contribution is 0.153. The minimum Gasteiger partial charge on any atom is -0.504 e. The van der Waals surface area contributed by atoms with Crippen LogP contribution in [0.15, 0.2) is 24.0 Å². The summed E-state index contributed by atoms with van der Waals surface area (Å²) in [5.74, 6) is 1.79. The Bertz CT molecular complexity index is 539. The number of rotatable bonds is 11. The molecule has 0 saturated heterocycles. The number of hydrogen-bond donors (Lipinski definition) is 2. The Hall–Kier alpha value is -1.88. The molecule has 0 fully saturated rings. The van der Waals surface area contributed by atoms with Gasteiger partial charge in [-0.25, -0.2) is 0 Å². The Balaban J connectivity index is 1.84. The molecule has 134 valence electrons. The van der Waals surface area contributed by atoms with Crippen LogP contribution in [0, 0.1) is 0 Å². The number of benzene rings is 1. The number of aliphatic hydroxyl groups is 2. The second kappa shape index (κ2) is 10.1. The standard InChI is InChI=1S/C19H28O5/c1-2-3-4-5-6-7-11-23-18-14-24-17-13-15(22-12-10-20)8-9-16(17)19(18)21/h8-9,13,20-21H,2-7,10-12,14H2,1H3. The number of fused-ring (bicyclic) bond motifs is 1. The summed E-state index contributed by atoms with van der Waals surface area (Å²) < 4.78 is 16.7. The molecule has 0 aliphatic carbocycles. The lowest BCUT2D eigenvalue weighted by Gasteiger charge is -2.21. The minimum atomic E-state index is -0.0421. The topological polar surface area (TPSA) is 68.2 Å². The molecular weight excluding hydrogens is 308 g/mol. The third-order valence-corrected chi connectivity index (χ3v) is 3.97. The summed E-state index contributed by atoms with van der Waals surface area (Å²) >= 11 is 0. The molecule has 5 heteroatoms. The highest BCUT2D eigenvalue weighted by Crippen LogP contribution is 2.34. The smallest absolute Gasteiger partial charge is 0.176 e. The molecule has 0 amide bonds. The fourth-order valence-electron chi connectivity index (χ4n) is 2.62. The van der Waals surface area contributed by atoms with Crippen molar-refractivity contribution in [3.05, 3.63) is 29.5 Å². The Morgan fingerprint density at radius 3 is 2.62 bits per heavy atom. The van der Waals surface area contributed by atoms with Crippen LogP contribution in [-0.4, -0.2) is 36.6 Å². The van der Waals surface area contributed by atoms with Gasteiger partial charge >= 0.3 is 0 Å². The number of hydrogen-bond acceptors (Lipinski definition) is 5. The van der Waals surface area contributed by atoms with Gasteiger partial charge in [0.05, 0.1) is 18.8 Å². The van der Waals surface area contributed by atoms with Crippen LogP contribution in [-0.2, 0) is 4.74 Å². The first-order chi connectivity index (χ1) is 11.8. The van der Waals surface area contributed by atoms with Gasteiger partial charge in [0.15, 0.2) is 11.5 Å². The van der Waals surface area contributed by atoms with Gasteiger partial charge < -0.3 is 24.4 Å². The summed E-state index contributed by atoms with van der Waals surface area (Å²) in [6.45, 7) is 3.22. The van der Waals surface area contributed by atoms with Crippen LogP contribution in [0.1, 0.15) is 51.0 Å². The SMILES string of the molecule is CCCCCCCCOC1=C(O)c2ccc(OCCO)cc2OC1. The summed E-state index contributed by atoms with van der Waals surface area (Å²) in [6, 6.07) is 5.20. The van der Waals surface area contributed by atoms with E-state index in [-0.39, 0.29) is 25.6 Å². The van der Waals surface area contributed by atoms with E-state index in [1.54, 1.807) is 18.2 Å². The zero-order valence-corrected chi connectivity index (χ0v) is 14.4. The van der Waals surface area contributed by atoms with E-state index in [2.05, 4.69) is 6.92 Å². The van der Waals surface area contributed by atoms with Crippen molar-refractivity contribution in [3.8, 4) is 11.5 Å². The van der Waals surface area contributed by atoms with Crippen LogP contribution in [0.4, 0.5) is 0 Å². The summed E-state index contributed by atoms with van der Waals surface area (Å²) in [7, 11) is 0. The van der Waals surface area contributed by atoms with Gasteiger partial charge in [-0.05, 0) is 18.6 Å². The predicted octanol–water partition coefficient (Wildman–Crippen LogP) is 4.05. The van der Waals surface area contributed by atoms with Crippen molar-refractivity contribution in [2.24, 2.45) is 0 Å². The Labute approximate surface area is 143 Å². The van der Waals surface area contributed by atoms with Crippen LogP contribution < -0.4 is 9.47 Å². The van der Waals surface area contributed by atoms with Gasteiger partial charge in [0.25, 0.3) is 0 Å². The first-order valence-electron chi connectivity index (χ1n) is 8.82. The molecule has 1 aliphatic rings. The van der Waals surface area contributed by atoms with Crippen LogP contribution in [0.5, 0.6) is 11.5 Å². The predicted molar refractivity (Wildman–Crippen MR) is 93.4 cm³/mol. The van der Waals surface area contributed by atoms with E-state index in [1.807, 2.05) is 0 Å². The van der Waals surface area contributed by atoms with Gasteiger partial charge in [0.1, 0.15) is 24.7 Å². The quantitative estimate of drug-likeness (QED) is 0.597. The first kappa shape index (κ1) is 18.5. The second-order valence-electron chi connectivity index (χ2n) is 5.91. The monoisotopic (exact) mass is 336 g/mol. The fourth-order valence-corrected chi connectivity index (χ4v) is 2.62. The van der Waals surface area contributed by atoms with Crippen molar-refractivity contribution in [2.75, 3.05) is 26.4 Å². The van der Waals surface area contributed by atoms with E-state index < -0.39 is 0 Å². The molecule has 0 saturated carbocycles. The van der Waals surface area contributed by atoms with Gasteiger partial charge in [-0.3, -0.25) is 0 Å². The molecule has 2 N–H and O–H groups in total. The lowest BCUT2D eigenvalue weighted by atomic mass is 10.1. The minimum absolute atomic E-state index is 0.0421. The Kier molecular flexibility index (Phi) is 7.75. The normalized spacial score (nSPS) is 13.4. The van der Waals surface area contributed by atoms with Crippen molar-refractivity contribution in [3.63, 3.8) is 0 Å². The van der Waals surface area contributed by atoms with Crippen LogP contribution in [0.2, 0.25) is 0 Å². The van der Waals surface area contributed by atoms with E-state index in [9.17, 15) is 5.11 Å². The van der Waals surface area contributed by atoms with Gasteiger partial charge in [-0.2, -0.15) is 0 Å². The van der Waals surface area contributed by atoms with E-state index >= 15 is 0 Å². The number of ether oxygens (including phenoxy) is 3. The van der Waals surface area contributed by atoms with Gasteiger partial charge in [0.2, 0.25) is 0 Å². The molecule has 5 nitrogen and oxygen atoms in total. The van der Waals surface area contributed by atoms with Crippen molar-refractivity contribution in [2.45, 2.75) is 45.4 Å². The van der Waals surface area contributed by atoms with Gasteiger partial charge in [0, 0.05) is 6.07 Å². The Morgan fingerprint density at radius 2 is 1.83 bits per heavy atom. The summed E-state index contributed by atoms with van der Waals surface area (Å²) in [5, 5.41) is 19.1. The third-order valence-electron chi connectivity index (χ3n) is 3.97. The number of aliphatic hydroxyl groups excluding tert-OH is 2. The number of unbranched alkanes of at least 4 members (excludes halogenated alkanes) is 5.